The lowest BCUT2D eigenvalue weighted by Crippen LogP contribution is -2.31. The van der Waals surface area contributed by atoms with E-state index in [0.29, 0.717) is 6.54 Å². The van der Waals surface area contributed by atoms with Crippen LogP contribution in [0.5, 0.6) is 0 Å². The van der Waals surface area contributed by atoms with Crippen LogP contribution >= 0.6 is 0 Å². The Morgan fingerprint density at radius 3 is 2.80 bits per heavy atom. The highest BCUT2D eigenvalue weighted by atomic mass is 15.2. The molecule has 1 atom stereocenters. The van der Waals surface area contributed by atoms with Gasteiger partial charge in [0.25, 0.3) is 0 Å². The minimum atomic E-state index is -0.497. The second-order valence-electron chi connectivity index (χ2n) is 2.28. The molecule has 0 rings (SSSR count). The van der Waals surface area contributed by atoms with Gasteiger partial charge in [0.1, 0.15) is 0 Å². The summed E-state index contributed by atoms with van der Waals surface area (Å²) in [6.07, 6.45) is 1.63. The minimum Gasteiger partial charge on any atom is -0.319 e. The smallest absolute Gasteiger partial charge is 0.0761 e. The molecule has 0 saturated carbocycles. The zero-order valence-corrected chi connectivity index (χ0v) is 6.33. The highest BCUT2D eigenvalue weighted by molar-refractivity contribution is 5.00. The molecule has 56 valence electrons. The van der Waals surface area contributed by atoms with E-state index < -0.39 is 5.54 Å². The molecule has 0 saturated heterocycles. The zero-order valence-electron chi connectivity index (χ0n) is 6.33. The van der Waals surface area contributed by atoms with E-state index in [2.05, 4.69) is 21.9 Å². The molecule has 4 heteroatoms. The van der Waals surface area contributed by atoms with Crippen LogP contribution in [0, 0.1) is 0 Å². The summed E-state index contributed by atoms with van der Waals surface area (Å²) in [6.45, 7) is 5.99. The minimum absolute atomic E-state index is 0.497. The van der Waals surface area contributed by atoms with Crippen LogP contribution in [0.4, 0.5) is 0 Å². The van der Waals surface area contributed by atoms with Crippen LogP contribution in [0.25, 0.3) is 10.4 Å². The molecule has 0 aromatic carbocycles. The van der Waals surface area contributed by atoms with E-state index in [1.807, 2.05) is 6.92 Å². The molecule has 0 aliphatic carbocycles. The highest BCUT2D eigenvalue weighted by Crippen LogP contribution is 2.09. The van der Waals surface area contributed by atoms with Crippen molar-refractivity contribution < 1.29 is 0 Å². The van der Waals surface area contributed by atoms with E-state index in [1.54, 1.807) is 13.1 Å². The molecule has 0 aliphatic heterocycles. The van der Waals surface area contributed by atoms with Gasteiger partial charge in [0.05, 0.1) is 5.54 Å². The predicted octanol–water partition coefficient (Wildman–Crippen LogP) is 1.46. The van der Waals surface area contributed by atoms with Crippen LogP contribution in [0.15, 0.2) is 17.8 Å². The van der Waals surface area contributed by atoms with Gasteiger partial charge in [0.15, 0.2) is 0 Å². The Morgan fingerprint density at radius 1 is 1.90 bits per heavy atom. The first-order chi connectivity index (χ1) is 4.68. The summed E-state index contributed by atoms with van der Waals surface area (Å²) in [4.78, 5) is 2.71. The van der Waals surface area contributed by atoms with E-state index in [1.165, 1.54) is 0 Å². The van der Waals surface area contributed by atoms with Crippen LogP contribution in [0.1, 0.15) is 6.92 Å². The molecule has 1 unspecified atom stereocenters. The highest BCUT2D eigenvalue weighted by Gasteiger charge is 2.15. The fraction of sp³-hybridized carbons (Fsp3) is 0.667. The summed E-state index contributed by atoms with van der Waals surface area (Å²) in [5.74, 6) is 0. The van der Waals surface area contributed by atoms with Crippen LogP contribution < -0.4 is 5.32 Å². The molecule has 0 heterocycles. The van der Waals surface area contributed by atoms with Crippen molar-refractivity contribution in [2.24, 2.45) is 5.11 Å². The van der Waals surface area contributed by atoms with Crippen molar-refractivity contribution in [1.29, 1.82) is 0 Å². The molecule has 0 spiro atoms. The molecule has 10 heavy (non-hydrogen) atoms. The topological polar surface area (TPSA) is 60.8 Å². The molecule has 0 amide bonds. The maximum absolute atomic E-state index is 8.14. The summed E-state index contributed by atoms with van der Waals surface area (Å²) < 4.78 is 0. The fourth-order valence-electron chi connectivity index (χ4n) is 0.608. The van der Waals surface area contributed by atoms with Crippen molar-refractivity contribution in [3.63, 3.8) is 0 Å². The third-order valence-electron chi connectivity index (χ3n) is 1.25. The Morgan fingerprint density at radius 2 is 2.50 bits per heavy atom. The summed E-state index contributed by atoms with van der Waals surface area (Å²) in [5.41, 5.74) is 7.65. The number of likely N-dealkylation sites (N-methyl/N-ethyl adjacent to an activating group) is 1. The summed E-state index contributed by atoms with van der Waals surface area (Å²) in [5, 5.41) is 6.47. The molecule has 0 bridgehead atoms. The van der Waals surface area contributed by atoms with Crippen molar-refractivity contribution in [2.45, 2.75) is 12.5 Å². The van der Waals surface area contributed by atoms with E-state index in [4.69, 9.17) is 5.53 Å². The quantitative estimate of drug-likeness (QED) is 0.273. The SMILES string of the molecule is C=CC(C)(CNC)N=[N+]=[N-]. The molecule has 0 radical (unpaired) electrons. The summed E-state index contributed by atoms with van der Waals surface area (Å²) in [6, 6.07) is 0. The normalized spacial score (nSPS) is 15.0. The van der Waals surface area contributed by atoms with Gasteiger partial charge in [0, 0.05) is 11.5 Å². The Kier molecular flexibility index (Phi) is 3.54. The van der Waals surface area contributed by atoms with Crippen LogP contribution in [0.2, 0.25) is 0 Å². The number of nitrogens with zero attached hydrogens (tertiary/aromatic N) is 3. The third-order valence-corrected chi connectivity index (χ3v) is 1.25. The Balaban J connectivity index is 4.21. The van der Waals surface area contributed by atoms with Crippen molar-refractivity contribution in [3.8, 4) is 0 Å². The lowest BCUT2D eigenvalue weighted by molar-refractivity contribution is 0.543. The molecule has 0 aliphatic rings. The van der Waals surface area contributed by atoms with Crippen LogP contribution in [-0.2, 0) is 0 Å². The second kappa shape index (κ2) is 3.93. The largest absolute Gasteiger partial charge is 0.319 e. The van der Waals surface area contributed by atoms with Gasteiger partial charge in [-0.15, -0.1) is 6.58 Å². The van der Waals surface area contributed by atoms with Gasteiger partial charge in [-0.1, -0.05) is 11.2 Å². The zero-order chi connectivity index (χ0) is 8.04. The average molecular weight is 140 g/mol. The maximum atomic E-state index is 8.14. The average Bonchev–Trinajstić information content (AvgIpc) is 1.89. The number of rotatable bonds is 4. The number of hydrogen-bond donors (Lipinski definition) is 1. The summed E-state index contributed by atoms with van der Waals surface area (Å²) in [7, 11) is 1.80. The Hall–Kier alpha value is -0.990. The van der Waals surface area contributed by atoms with Crippen molar-refractivity contribution in [1.82, 2.24) is 5.32 Å². The van der Waals surface area contributed by atoms with Crippen molar-refractivity contribution in [2.75, 3.05) is 13.6 Å². The van der Waals surface area contributed by atoms with Gasteiger partial charge < -0.3 is 5.32 Å². The second-order valence-corrected chi connectivity index (χ2v) is 2.28. The first-order valence-corrected chi connectivity index (χ1v) is 3.03. The molecule has 0 aromatic rings. The Bertz CT molecular complexity index is 159. The molecule has 4 nitrogen and oxygen atoms in total. The van der Waals surface area contributed by atoms with Gasteiger partial charge in [-0.25, -0.2) is 0 Å². The Labute approximate surface area is 60.6 Å². The monoisotopic (exact) mass is 140 g/mol. The molecule has 0 fully saturated rings. The number of nitrogens with one attached hydrogen (secondary N) is 1. The van der Waals surface area contributed by atoms with E-state index in [9.17, 15) is 0 Å². The van der Waals surface area contributed by atoms with Gasteiger partial charge in [-0.2, -0.15) is 0 Å². The first-order valence-electron chi connectivity index (χ1n) is 3.03. The van der Waals surface area contributed by atoms with E-state index in [0.717, 1.165) is 0 Å². The van der Waals surface area contributed by atoms with Crippen molar-refractivity contribution in [3.05, 3.63) is 23.1 Å². The van der Waals surface area contributed by atoms with Gasteiger partial charge in [-0.05, 0) is 19.5 Å². The van der Waals surface area contributed by atoms with Gasteiger partial charge in [-0.3, -0.25) is 0 Å². The molecule has 1 N–H and O–H groups in total. The van der Waals surface area contributed by atoms with Gasteiger partial charge >= 0.3 is 0 Å². The predicted molar refractivity (Wildman–Crippen MR) is 41.7 cm³/mol. The number of azide groups is 1. The fourth-order valence-corrected chi connectivity index (χ4v) is 0.608. The molecular weight excluding hydrogens is 128 g/mol. The maximum Gasteiger partial charge on any atom is 0.0761 e. The number of hydrogen-bond acceptors (Lipinski definition) is 2. The van der Waals surface area contributed by atoms with Crippen LogP contribution in [0.3, 0.4) is 0 Å². The third kappa shape index (κ3) is 2.53. The lowest BCUT2D eigenvalue weighted by Gasteiger charge is -2.17. The van der Waals surface area contributed by atoms with Crippen LogP contribution in [-0.4, -0.2) is 19.1 Å². The van der Waals surface area contributed by atoms with Gasteiger partial charge in [0.2, 0.25) is 0 Å². The van der Waals surface area contributed by atoms with E-state index >= 15 is 0 Å². The van der Waals surface area contributed by atoms with Crippen molar-refractivity contribution >= 4 is 0 Å². The standard InChI is InChI=1S/C6H12N4/c1-4-6(2,5-8-3)9-10-7/h4,8H,1,5H2,2-3H3. The van der Waals surface area contributed by atoms with E-state index in [-0.39, 0.29) is 0 Å². The first kappa shape index (κ1) is 9.01. The molecule has 0 aromatic heterocycles. The summed E-state index contributed by atoms with van der Waals surface area (Å²) >= 11 is 0. The lowest BCUT2D eigenvalue weighted by atomic mass is 10.1. The molecular formula is C6H12N4.